The van der Waals surface area contributed by atoms with Crippen molar-refractivity contribution in [2.24, 2.45) is 0 Å². The molecule has 1 amide bonds. The summed E-state index contributed by atoms with van der Waals surface area (Å²) in [5.74, 6) is -1.14. The number of aryl methyl sites for hydroxylation is 1. The van der Waals surface area contributed by atoms with Crippen molar-refractivity contribution >= 4 is 37.3 Å². The van der Waals surface area contributed by atoms with Crippen LogP contribution < -0.4 is 21.3 Å². The van der Waals surface area contributed by atoms with Gasteiger partial charge in [-0.3, -0.25) is 14.2 Å². The van der Waals surface area contributed by atoms with E-state index >= 15 is 0 Å². The molecule has 1 aromatic carbocycles. The number of nitrogens with zero attached hydrogens (tertiary/aromatic N) is 4. The first kappa shape index (κ1) is 35.0. The zero-order chi connectivity index (χ0) is 34.0. The number of methoxy groups -OCH3 is 1. The highest BCUT2D eigenvalue weighted by atomic mass is 32.2. The molecule has 0 aliphatic carbocycles. The second kappa shape index (κ2) is 13.9. The number of carbonyl (C=O) groups is 1. The average molecular weight is 678 g/mol. The van der Waals surface area contributed by atoms with Gasteiger partial charge >= 0.3 is 5.69 Å². The van der Waals surface area contributed by atoms with Crippen LogP contribution in [-0.4, -0.2) is 65.0 Å². The Morgan fingerprint density at radius 1 is 1.24 bits per heavy atom. The molecule has 3 aromatic heterocycles. The summed E-state index contributed by atoms with van der Waals surface area (Å²) >= 11 is 1.16. The molecule has 3 heterocycles. The van der Waals surface area contributed by atoms with Crippen molar-refractivity contribution in [2.75, 3.05) is 25.7 Å². The molecule has 0 saturated carbocycles. The number of amides is 1. The van der Waals surface area contributed by atoms with Crippen molar-refractivity contribution < 1.29 is 27.1 Å². The van der Waals surface area contributed by atoms with Gasteiger partial charge in [0.05, 0.1) is 31.4 Å². The van der Waals surface area contributed by atoms with Gasteiger partial charge < -0.3 is 14.8 Å². The highest BCUT2D eigenvalue weighted by Gasteiger charge is 2.39. The number of halogens is 1. The van der Waals surface area contributed by atoms with E-state index in [1.165, 1.54) is 29.9 Å². The molecule has 0 spiro atoms. The van der Waals surface area contributed by atoms with E-state index in [2.05, 4.69) is 10.4 Å². The SMILES string of the molecule is CCC(C)NC(=O)C(C)(CC)n1c(=O)c2c(C)c(-n3cccn3)sc2n(C[C@H](OCCS(C)(=O)=O)c2cc(F)ccc2OC)c1=O. The summed E-state index contributed by atoms with van der Waals surface area (Å²) in [6, 6.07) is 5.34. The third-order valence-electron chi connectivity index (χ3n) is 8.22. The predicted molar refractivity (Wildman–Crippen MR) is 175 cm³/mol. The molecule has 0 aliphatic rings. The molecule has 46 heavy (non-hydrogen) atoms. The van der Waals surface area contributed by atoms with Crippen molar-refractivity contribution in [3.8, 4) is 10.8 Å². The molecular formula is C31H40FN5O7S2. The van der Waals surface area contributed by atoms with Crippen LogP contribution in [0, 0.1) is 12.7 Å². The Balaban J connectivity index is 2.03. The number of hydrogen-bond donors (Lipinski definition) is 1. The zero-order valence-electron chi connectivity index (χ0n) is 27.0. The van der Waals surface area contributed by atoms with Crippen molar-refractivity contribution in [1.29, 1.82) is 0 Å². The minimum absolute atomic E-state index is 0.122. The lowest BCUT2D eigenvalue weighted by atomic mass is 9.96. The van der Waals surface area contributed by atoms with Gasteiger partial charge in [0.2, 0.25) is 5.91 Å². The lowest BCUT2D eigenvalue weighted by molar-refractivity contribution is -0.130. The van der Waals surface area contributed by atoms with E-state index in [0.717, 1.165) is 22.2 Å². The summed E-state index contributed by atoms with van der Waals surface area (Å²) in [7, 11) is -2.02. The second-order valence-corrected chi connectivity index (χ2v) is 14.7. The molecule has 250 valence electrons. The van der Waals surface area contributed by atoms with Gasteiger partial charge in [-0.2, -0.15) is 5.10 Å². The summed E-state index contributed by atoms with van der Waals surface area (Å²) in [6.45, 7) is 8.25. The Morgan fingerprint density at radius 2 is 1.96 bits per heavy atom. The topological polar surface area (TPSA) is 144 Å². The molecule has 0 bridgehead atoms. The minimum atomic E-state index is -3.42. The number of nitrogens with one attached hydrogen (secondary N) is 1. The van der Waals surface area contributed by atoms with Crippen LogP contribution in [-0.2, 0) is 31.5 Å². The Hall–Kier alpha value is -3.82. The van der Waals surface area contributed by atoms with Crippen molar-refractivity contribution in [3.05, 3.63) is 74.4 Å². The predicted octanol–water partition coefficient (Wildman–Crippen LogP) is 3.71. The van der Waals surface area contributed by atoms with Crippen LogP contribution in [0.3, 0.4) is 0 Å². The van der Waals surface area contributed by atoms with Crippen molar-refractivity contribution in [1.82, 2.24) is 24.2 Å². The van der Waals surface area contributed by atoms with Gasteiger partial charge in [0.25, 0.3) is 5.56 Å². The monoisotopic (exact) mass is 677 g/mol. The number of thiophene rings is 1. The number of ether oxygens (including phenoxy) is 2. The van der Waals surface area contributed by atoms with E-state index in [0.29, 0.717) is 21.8 Å². The van der Waals surface area contributed by atoms with E-state index in [-0.39, 0.29) is 48.1 Å². The van der Waals surface area contributed by atoms with Gasteiger partial charge in [0, 0.05) is 35.8 Å². The Labute approximate surface area is 270 Å². The van der Waals surface area contributed by atoms with Crippen LogP contribution in [0.4, 0.5) is 4.39 Å². The van der Waals surface area contributed by atoms with Gasteiger partial charge in [0.1, 0.15) is 42.9 Å². The highest BCUT2D eigenvalue weighted by molar-refractivity contribution is 7.90. The van der Waals surface area contributed by atoms with E-state index in [1.807, 2.05) is 13.8 Å². The Kier molecular flexibility index (Phi) is 10.6. The molecule has 0 fully saturated rings. The molecule has 0 radical (unpaired) electrons. The van der Waals surface area contributed by atoms with E-state index in [1.54, 1.807) is 43.9 Å². The molecule has 15 heteroatoms. The van der Waals surface area contributed by atoms with E-state index in [9.17, 15) is 27.2 Å². The number of sulfone groups is 1. The Bertz CT molecular complexity index is 1950. The number of rotatable bonds is 14. The largest absolute Gasteiger partial charge is 0.496 e. The quantitative estimate of drug-likeness (QED) is 0.213. The van der Waals surface area contributed by atoms with Crippen molar-refractivity contribution in [2.45, 2.75) is 71.7 Å². The first-order chi connectivity index (χ1) is 21.7. The third-order valence-corrected chi connectivity index (χ3v) is 10.4. The Morgan fingerprint density at radius 3 is 2.54 bits per heavy atom. The highest BCUT2D eigenvalue weighted by Crippen LogP contribution is 2.35. The molecule has 0 aliphatic heterocycles. The number of carbonyl (C=O) groups excluding carboxylic acids is 1. The van der Waals surface area contributed by atoms with Crippen LogP contribution in [0.1, 0.15) is 57.8 Å². The van der Waals surface area contributed by atoms with Crippen molar-refractivity contribution in [3.63, 3.8) is 0 Å². The van der Waals surface area contributed by atoms with Gasteiger partial charge in [-0.1, -0.05) is 25.2 Å². The molecule has 3 atom stereocenters. The summed E-state index contributed by atoms with van der Waals surface area (Å²) in [5.41, 5.74) is -2.19. The smallest absolute Gasteiger partial charge is 0.333 e. The van der Waals surface area contributed by atoms with Gasteiger partial charge in [-0.25, -0.2) is 26.9 Å². The number of aromatic nitrogens is 4. The first-order valence-corrected chi connectivity index (χ1v) is 17.8. The average Bonchev–Trinajstić information content (AvgIpc) is 3.65. The van der Waals surface area contributed by atoms with Crippen LogP contribution in [0.2, 0.25) is 0 Å². The zero-order valence-corrected chi connectivity index (χ0v) is 28.6. The second-order valence-electron chi connectivity index (χ2n) is 11.5. The van der Waals surface area contributed by atoms with E-state index in [4.69, 9.17) is 9.47 Å². The lowest BCUT2D eigenvalue weighted by Gasteiger charge is -2.31. The summed E-state index contributed by atoms with van der Waals surface area (Å²) < 4.78 is 53.9. The van der Waals surface area contributed by atoms with Crippen LogP contribution in [0.25, 0.3) is 15.2 Å². The molecular weight excluding hydrogens is 638 g/mol. The van der Waals surface area contributed by atoms with E-state index < -0.39 is 44.5 Å². The lowest BCUT2D eigenvalue weighted by Crippen LogP contribution is -2.58. The number of fused-ring (bicyclic) bond motifs is 1. The number of benzene rings is 1. The normalized spacial score (nSPS) is 14.6. The molecule has 2 unspecified atom stereocenters. The molecule has 4 aromatic rings. The fourth-order valence-electron chi connectivity index (χ4n) is 5.15. The maximum absolute atomic E-state index is 14.6. The molecule has 4 rings (SSSR count). The maximum atomic E-state index is 14.6. The van der Waals surface area contributed by atoms with Gasteiger partial charge in [0.15, 0.2) is 0 Å². The minimum Gasteiger partial charge on any atom is -0.496 e. The molecule has 0 saturated heterocycles. The fourth-order valence-corrected chi connectivity index (χ4v) is 6.79. The first-order valence-electron chi connectivity index (χ1n) is 14.9. The molecule has 1 N–H and O–H groups in total. The fraction of sp³-hybridized carbons (Fsp3) is 0.484. The summed E-state index contributed by atoms with van der Waals surface area (Å²) in [5, 5.41) is 8.03. The van der Waals surface area contributed by atoms with Crippen LogP contribution >= 0.6 is 11.3 Å². The number of hydrogen-bond acceptors (Lipinski definition) is 9. The van der Waals surface area contributed by atoms with Gasteiger partial charge in [-0.15, -0.1) is 0 Å². The van der Waals surface area contributed by atoms with Crippen LogP contribution in [0.15, 0.2) is 46.2 Å². The summed E-state index contributed by atoms with van der Waals surface area (Å²) in [6.07, 6.45) is 4.05. The van der Waals surface area contributed by atoms with Gasteiger partial charge in [-0.05, 0) is 57.9 Å². The maximum Gasteiger partial charge on any atom is 0.333 e. The molecule has 12 nitrogen and oxygen atoms in total. The van der Waals surface area contributed by atoms with Crippen LogP contribution in [0.5, 0.6) is 5.75 Å². The summed E-state index contributed by atoms with van der Waals surface area (Å²) in [4.78, 5) is 42.9. The third kappa shape index (κ3) is 6.95. The standard InChI is InChI=1S/C31H40FN5O7S2/c1-8-19(3)34-29(39)31(5,9-2)37-26(38)25-20(4)27(36-14-10-13-33-36)45-28(25)35(30(37)40)18-24(44-15-16-46(7,41)42)22-17-21(32)11-12-23(22)43-6/h10-14,17,19,24H,8-9,15-16,18H2,1-7H3,(H,34,39)/t19?,24-,31?/m0/s1.